The van der Waals surface area contributed by atoms with Crippen molar-refractivity contribution in [1.82, 2.24) is 4.90 Å². The standard InChI is InChI=1S/C14H21N3O2/c1-16(2)13-5-4-10(15)8-12(13)14(18)17-7-6-11(9-17)19-3/h4-5,8,11H,6-7,9,15H2,1-3H3. The number of amides is 1. The third-order valence-electron chi connectivity index (χ3n) is 3.50. The molecule has 1 unspecified atom stereocenters. The number of hydrogen-bond acceptors (Lipinski definition) is 4. The number of ether oxygens (including phenoxy) is 1. The van der Waals surface area contributed by atoms with Crippen LogP contribution in [0.5, 0.6) is 0 Å². The van der Waals surface area contributed by atoms with Crippen LogP contribution in [-0.2, 0) is 4.74 Å². The Balaban J connectivity index is 2.26. The van der Waals surface area contributed by atoms with Crippen LogP contribution in [0.3, 0.4) is 0 Å². The molecular weight excluding hydrogens is 242 g/mol. The van der Waals surface area contributed by atoms with Crippen LogP contribution in [0.25, 0.3) is 0 Å². The quantitative estimate of drug-likeness (QED) is 0.832. The maximum atomic E-state index is 12.6. The van der Waals surface area contributed by atoms with Crippen molar-refractivity contribution in [3.63, 3.8) is 0 Å². The smallest absolute Gasteiger partial charge is 0.256 e. The molecule has 1 aromatic carbocycles. The molecule has 2 rings (SSSR count). The molecule has 1 saturated heterocycles. The van der Waals surface area contributed by atoms with Gasteiger partial charge in [0.25, 0.3) is 5.91 Å². The Morgan fingerprint density at radius 2 is 2.21 bits per heavy atom. The van der Waals surface area contributed by atoms with Crippen molar-refractivity contribution >= 4 is 17.3 Å². The lowest BCUT2D eigenvalue weighted by molar-refractivity contribution is 0.0725. The molecule has 5 nitrogen and oxygen atoms in total. The minimum atomic E-state index is 0.0237. The first-order chi connectivity index (χ1) is 9.02. The summed E-state index contributed by atoms with van der Waals surface area (Å²) < 4.78 is 5.30. The first-order valence-electron chi connectivity index (χ1n) is 6.42. The van der Waals surface area contributed by atoms with Gasteiger partial charge in [-0.2, -0.15) is 0 Å². The summed E-state index contributed by atoms with van der Waals surface area (Å²) in [7, 11) is 5.53. The first-order valence-corrected chi connectivity index (χ1v) is 6.42. The molecule has 1 amide bonds. The van der Waals surface area contributed by atoms with Crippen LogP contribution in [0, 0.1) is 0 Å². The average Bonchev–Trinajstić information content (AvgIpc) is 2.86. The van der Waals surface area contributed by atoms with Crippen molar-refractivity contribution in [3.05, 3.63) is 23.8 Å². The Kier molecular flexibility index (Phi) is 3.95. The summed E-state index contributed by atoms with van der Waals surface area (Å²) in [6, 6.07) is 5.44. The van der Waals surface area contributed by atoms with Gasteiger partial charge >= 0.3 is 0 Å². The molecule has 2 N–H and O–H groups in total. The lowest BCUT2D eigenvalue weighted by Gasteiger charge is -2.22. The van der Waals surface area contributed by atoms with E-state index in [0.717, 1.165) is 18.7 Å². The van der Waals surface area contributed by atoms with Crippen LogP contribution >= 0.6 is 0 Å². The van der Waals surface area contributed by atoms with Crippen molar-refractivity contribution in [1.29, 1.82) is 0 Å². The Hall–Kier alpha value is -1.75. The van der Waals surface area contributed by atoms with E-state index in [0.29, 0.717) is 17.8 Å². The predicted octanol–water partition coefficient (Wildman–Crippen LogP) is 1.20. The maximum absolute atomic E-state index is 12.6. The lowest BCUT2D eigenvalue weighted by Crippen LogP contribution is -2.31. The summed E-state index contributed by atoms with van der Waals surface area (Å²) in [5.41, 5.74) is 7.95. The second-order valence-electron chi connectivity index (χ2n) is 5.07. The number of carbonyl (C=O) groups is 1. The molecule has 0 radical (unpaired) electrons. The third kappa shape index (κ3) is 2.81. The van der Waals surface area contributed by atoms with Crippen molar-refractivity contribution in [2.75, 3.05) is 44.9 Å². The molecule has 5 heteroatoms. The van der Waals surface area contributed by atoms with Crippen LogP contribution in [0.15, 0.2) is 18.2 Å². The third-order valence-corrected chi connectivity index (χ3v) is 3.50. The van der Waals surface area contributed by atoms with Gasteiger partial charge in [-0.3, -0.25) is 4.79 Å². The van der Waals surface area contributed by atoms with E-state index in [2.05, 4.69) is 0 Å². The number of nitrogen functional groups attached to an aromatic ring is 1. The minimum Gasteiger partial charge on any atom is -0.399 e. The molecule has 0 bridgehead atoms. The molecule has 1 aliphatic heterocycles. The summed E-state index contributed by atoms with van der Waals surface area (Å²) in [5.74, 6) is 0.0237. The van der Waals surface area contributed by atoms with E-state index in [1.165, 1.54) is 0 Å². The summed E-state index contributed by atoms with van der Waals surface area (Å²) in [5, 5.41) is 0. The van der Waals surface area contributed by atoms with Crippen molar-refractivity contribution in [3.8, 4) is 0 Å². The predicted molar refractivity (Wildman–Crippen MR) is 76.5 cm³/mol. The molecule has 1 heterocycles. The number of anilines is 2. The van der Waals surface area contributed by atoms with E-state index in [4.69, 9.17) is 10.5 Å². The number of rotatable bonds is 3. The van der Waals surface area contributed by atoms with Crippen molar-refractivity contribution < 1.29 is 9.53 Å². The largest absolute Gasteiger partial charge is 0.399 e. The van der Waals surface area contributed by atoms with E-state index in [-0.39, 0.29) is 12.0 Å². The van der Waals surface area contributed by atoms with Crippen molar-refractivity contribution in [2.45, 2.75) is 12.5 Å². The van der Waals surface area contributed by atoms with Crippen LogP contribution in [-0.4, -0.2) is 51.2 Å². The van der Waals surface area contributed by atoms with E-state index < -0.39 is 0 Å². The Labute approximate surface area is 113 Å². The van der Waals surface area contributed by atoms with Crippen molar-refractivity contribution in [2.24, 2.45) is 0 Å². The molecule has 0 spiro atoms. The molecule has 1 aromatic rings. The van der Waals surface area contributed by atoms with Gasteiger partial charge in [-0.15, -0.1) is 0 Å². The van der Waals surface area contributed by atoms with Gasteiger partial charge in [0.2, 0.25) is 0 Å². The summed E-state index contributed by atoms with van der Waals surface area (Å²) >= 11 is 0. The molecule has 0 saturated carbocycles. The lowest BCUT2D eigenvalue weighted by atomic mass is 10.1. The fraction of sp³-hybridized carbons (Fsp3) is 0.500. The van der Waals surface area contributed by atoms with E-state index in [1.54, 1.807) is 13.2 Å². The van der Waals surface area contributed by atoms with Gasteiger partial charge in [0.05, 0.1) is 11.7 Å². The van der Waals surface area contributed by atoms with Crippen LogP contribution in [0.1, 0.15) is 16.8 Å². The van der Waals surface area contributed by atoms with Crippen LogP contribution in [0.2, 0.25) is 0 Å². The number of nitrogens with zero attached hydrogens (tertiary/aromatic N) is 2. The minimum absolute atomic E-state index is 0.0237. The zero-order valence-corrected chi connectivity index (χ0v) is 11.7. The zero-order chi connectivity index (χ0) is 14.0. The molecule has 104 valence electrons. The summed E-state index contributed by atoms with van der Waals surface area (Å²) in [6.07, 6.45) is 1.04. The molecule has 19 heavy (non-hydrogen) atoms. The SMILES string of the molecule is COC1CCN(C(=O)c2cc(N)ccc2N(C)C)C1. The molecular formula is C14H21N3O2. The number of nitrogens with two attached hydrogens (primary N) is 1. The number of hydrogen-bond donors (Lipinski definition) is 1. The second-order valence-corrected chi connectivity index (χ2v) is 5.07. The van der Waals surface area contributed by atoms with Gasteiger partial charge in [0.15, 0.2) is 0 Å². The highest BCUT2D eigenvalue weighted by Crippen LogP contribution is 2.25. The number of methoxy groups -OCH3 is 1. The molecule has 1 aliphatic rings. The van der Waals surface area contributed by atoms with Gasteiger partial charge in [0, 0.05) is 45.7 Å². The number of carbonyl (C=O) groups excluding carboxylic acids is 1. The van der Waals surface area contributed by atoms with Crippen LogP contribution < -0.4 is 10.6 Å². The topological polar surface area (TPSA) is 58.8 Å². The van der Waals surface area contributed by atoms with E-state index >= 15 is 0 Å². The normalized spacial score (nSPS) is 18.7. The molecule has 1 fully saturated rings. The summed E-state index contributed by atoms with van der Waals surface area (Å²) in [4.78, 5) is 16.3. The van der Waals surface area contributed by atoms with E-state index in [1.807, 2.05) is 36.0 Å². The Bertz CT molecular complexity index is 474. The van der Waals surface area contributed by atoms with Gasteiger partial charge in [0.1, 0.15) is 0 Å². The Morgan fingerprint density at radius 3 is 2.79 bits per heavy atom. The molecule has 0 aromatic heterocycles. The number of likely N-dealkylation sites (tertiary alicyclic amines) is 1. The highest BCUT2D eigenvalue weighted by atomic mass is 16.5. The number of benzene rings is 1. The molecule has 1 atom stereocenters. The fourth-order valence-electron chi connectivity index (χ4n) is 2.39. The maximum Gasteiger partial charge on any atom is 0.256 e. The Morgan fingerprint density at radius 1 is 1.47 bits per heavy atom. The monoisotopic (exact) mass is 263 g/mol. The summed E-state index contributed by atoms with van der Waals surface area (Å²) in [6.45, 7) is 1.38. The molecule has 0 aliphatic carbocycles. The van der Waals surface area contributed by atoms with Gasteiger partial charge in [-0.05, 0) is 24.6 Å². The highest BCUT2D eigenvalue weighted by Gasteiger charge is 2.28. The first kappa shape index (κ1) is 13.7. The highest BCUT2D eigenvalue weighted by molar-refractivity contribution is 6.00. The van der Waals surface area contributed by atoms with Crippen LogP contribution in [0.4, 0.5) is 11.4 Å². The average molecular weight is 263 g/mol. The fourth-order valence-corrected chi connectivity index (χ4v) is 2.39. The van der Waals surface area contributed by atoms with Gasteiger partial charge in [-0.25, -0.2) is 0 Å². The zero-order valence-electron chi connectivity index (χ0n) is 11.7. The van der Waals surface area contributed by atoms with Gasteiger partial charge < -0.3 is 20.3 Å². The van der Waals surface area contributed by atoms with Gasteiger partial charge in [-0.1, -0.05) is 0 Å². The second kappa shape index (κ2) is 5.48. The van der Waals surface area contributed by atoms with E-state index in [9.17, 15) is 4.79 Å².